The first-order chi connectivity index (χ1) is 14.0. The number of nitrogens with one attached hydrogen (secondary N) is 1. The third-order valence-electron chi connectivity index (χ3n) is 4.65. The lowest BCUT2D eigenvalue weighted by Gasteiger charge is -2.13. The average molecular weight is 393 g/mol. The largest absolute Gasteiger partial charge is 0.493 e. The second kappa shape index (κ2) is 8.60. The number of ketones is 1. The third kappa shape index (κ3) is 3.99. The van der Waals surface area contributed by atoms with Gasteiger partial charge in [-0.1, -0.05) is 30.3 Å². The molecule has 150 valence electrons. The Bertz CT molecular complexity index is 1040. The van der Waals surface area contributed by atoms with Crippen LogP contribution in [0, 0.1) is 13.8 Å². The molecule has 0 fully saturated rings. The van der Waals surface area contributed by atoms with Gasteiger partial charge in [0.25, 0.3) is 11.7 Å². The molecule has 0 aliphatic rings. The Morgan fingerprint density at radius 1 is 1.00 bits per heavy atom. The maximum atomic E-state index is 12.8. The van der Waals surface area contributed by atoms with Gasteiger partial charge in [0.1, 0.15) is 0 Å². The zero-order chi connectivity index (χ0) is 21.0. The highest BCUT2D eigenvalue weighted by atomic mass is 16.5. The van der Waals surface area contributed by atoms with E-state index in [1.807, 2.05) is 30.3 Å². The van der Waals surface area contributed by atoms with Crippen molar-refractivity contribution in [3.8, 4) is 17.2 Å². The summed E-state index contributed by atoms with van der Waals surface area (Å²) in [6.07, 6.45) is 0. The van der Waals surface area contributed by atoms with Gasteiger partial charge in [-0.3, -0.25) is 9.59 Å². The van der Waals surface area contributed by atoms with Crippen molar-refractivity contribution in [3.05, 3.63) is 71.0 Å². The Morgan fingerprint density at radius 3 is 2.38 bits per heavy atom. The summed E-state index contributed by atoms with van der Waals surface area (Å²) < 4.78 is 12.3. The summed E-state index contributed by atoms with van der Waals surface area (Å²) in [6.45, 7) is 3.63. The van der Waals surface area contributed by atoms with E-state index >= 15 is 0 Å². The Labute approximate surface area is 169 Å². The van der Waals surface area contributed by atoms with E-state index in [1.165, 1.54) is 7.11 Å². The number of rotatable bonds is 7. The number of carbonyl (C=O) groups is 2. The normalized spacial score (nSPS) is 10.5. The molecule has 1 N–H and O–H groups in total. The Kier molecular flexibility index (Phi) is 5.97. The summed E-state index contributed by atoms with van der Waals surface area (Å²) in [7, 11) is 3.07. The minimum atomic E-state index is -0.700. The number of methoxy groups -OCH3 is 2. The molecule has 0 radical (unpaired) electrons. The van der Waals surface area contributed by atoms with Gasteiger partial charge in [-0.2, -0.15) is 5.10 Å². The van der Waals surface area contributed by atoms with Gasteiger partial charge >= 0.3 is 0 Å². The molecular formula is C22H23N3O4. The number of aromatic nitrogens is 2. The molecule has 7 nitrogen and oxygen atoms in total. The van der Waals surface area contributed by atoms with Crippen molar-refractivity contribution in [2.45, 2.75) is 20.4 Å². The van der Waals surface area contributed by atoms with E-state index in [1.54, 1.807) is 43.8 Å². The van der Waals surface area contributed by atoms with Crippen LogP contribution in [0.3, 0.4) is 0 Å². The van der Waals surface area contributed by atoms with Crippen LogP contribution in [0.1, 0.15) is 27.3 Å². The van der Waals surface area contributed by atoms with Crippen molar-refractivity contribution in [2.75, 3.05) is 14.2 Å². The minimum Gasteiger partial charge on any atom is -0.493 e. The van der Waals surface area contributed by atoms with E-state index in [2.05, 4.69) is 10.4 Å². The summed E-state index contributed by atoms with van der Waals surface area (Å²) >= 11 is 0. The van der Waals surface area contributed by atoms with Crippen LogP contribution in [0.5, 0.6) is 11.5 Å². The molecule has 0 saturated heterocycles. The van der Waals surface area contributed by atoms with Gasteiger partial charge in [-0.05, 0) is 32.0 Å². The van der Waals surface area contributed by atoms with Gasteiger partial charge in [-0.15, -0.1) is 0 Å². The first kappa shape index (κ1) is 20.1. The number of benzene rings is 2. The third-order valence-corrected chi connectivity index (χ3v) is 4.65. The Morgan fingerprint density at radius 2 is 1.72 bits per heavy atom. The molecule has 1 heterocycles. The number of carbonyl (C=O) groups excluding carboxylic acids is 2. The van der Waals surface area contributed by atoms with E-state index in [-0.39, 0.29) is 6.54 Å². The van der Waals surface area contributed by atoms with Crippen molar-refractivity contribution < 1.29 is 19.1 Å². The molecule has 3 rings (SSSR count). The van der Waals surface area contributed by atoms with Gasteiger partial charge in [0, 0.05) is 12.1 Å². The number of aryl methyl sites for hydroxylation is 1. The number of hydrogen-bond donors (Lipinski definition) is 1. The van der Waals surface area contributed by atoms with Crippen LogP contribution in [0.15, 0.2) is 48.5 Å². The summed E-state index contributed by atoms with van der Waals surface area (Å²) in [5, 5.41) is 7.10. The fourth-order valence-corrected chi connectivity index (χ4v) is 3.25. The van der Waals surface area contributed by atoms with Crippen LogP contribution in [0.25, 0.3) is 5.69 Å². The van der Waals surface area contributed by atoms with Gasteiger partial charge in [-0.25, -0.2) is 4.68 Å². The number of hydrogen-bond acceptors (Lipinski definition) is 5. The second-order valence-corrected chi connectivity index (χ2v) is 6.46. The SMILES string of the molecule is COc1cccc(CNC(=O)C(=O)c2c(C)nn(-c3ccccc3)c2C)c1OC. The van der Waals surface area contributed by atoms with E-state index in [4.69, 9.17) is 9.47 Å². The number of Topliss-reactive ketones (excluding diaryl/α,β-unsaturated/α-hetero) is 1. The van der Waals surface area contributed by atoms with Crippen molar-refractivity contribution in [3.63, 3.8) is 0 Å². The molecule has 0 spiro atoms. The highest BCUT2D eigenvalue weighted by Crippen LogP contribution is 2.30. The topological polar surface area (TPSA) is 82.5 Å². The molecule has 3 aromatic rings. The molecule has 0 unspecified atom stereocenters. The molecule has 1 amide bonds. The summed E-state index contributed by atoms with van der Waals surface area (Å²) in [6, 6.07) is 14.8. The molecule has 2 aromatic carbocycles. The molecule has 0 aliphatic heterocycles. The zero-order valence-corrected chi connectivity index (χ0v) is 16.9. The monoisotopic (exact) mass is 393 g/mol. The van der Waals surface area contributed by atoms with Crippen molar-refractivity contribution in [1.82, 2.24) is 15.1 Å². The van der Waals surface area contributed by atoms with Crippen LogP contribution in [0.4, 0.5) is 0 Å². The van der Waals surface area contributed by atoms with Crippen LogP contribution in [-0.2, 0) is 11.3 Å². The van der Waals surface area contributed by atoms with E-state index in [0.29, 0.717) is 34.0 Å². The summed E-state index contributed by atoms with van der Waals surface area (Å²) in [5.41, 5.74) is 2.97. The maximum absolute atomic E-state index is 12.8. The summed E-state index contributed by atoms with van der Waals surface area (Å²) in [4.78, 5) is 25.4. The van der Waals surface area contributed by atoms with Crippen LogP contribution in [-0.4, -0.2) is 35.7 Å². The Hall–Kier alpha value is -3.61. The highest BCUT2D eigenvalue weighted by molar-refractivity contribution is 6.43. The van der Waals surface area contributed by atoms with Crippen LogP contribution < -0.4 is 14.8 Å². The molecule has 1 aromatic heterocycles. The average Bonchev–Trinajstić information content (AvgIpc) is 3.05. The predicted octanol–water partition coefficient (Wildman–Crippen LogP) is 3.01. The standard InChI is InChI=1S/C22H23N3O4/c1-14-19(15(2)25(24-14)17-10-6-5-7-11-17)20(26)22(27)23-13-16-9-8-12-18(28-3)21(16)29-4/h5-12H,13H2,1-4H3,(H,23,27). The number of nitrogens with zero attached hydrogens (tertiary/aromatic N) is 2. The predicted molar refractivity (Wildman–Crippen MR) is 109 cm³/mol. The van der Waals surface area contributed by atoms with Crippen LogP contribution >= 0.6 is 0 Å². The molecule has 0 saturated carbocycles. The lowest BCUT2D eigenvalue weighted by Crippen LogP contribution is -2.31. The number of amides is 1. The second-order valence-electron chi connectivity index (χ2n) is 6.46. The quantitative estimate of drug-likeness (QED) is 0.493. The lowest BCUT2D eigenvalue weighted by atomic mass is 10.1. The molecule has 0 aliphatic carbocycles. The minimum absolute atomic E-state index is 0.135. The van der Waals surface area contributed by atoms with E-state index in [0.717, 1.165) is 5.69 Å². The van der Waals surface area contributed by atoms with Crippen molar-refractivity contribution in [2.24, 2.45) is 0 Å². The molecule has 7 heteroatoms. The lowest BCUT2D eigenvalue weighted by molar-refractivity contribution is -0.117. The van der Waals surface area contributed by atoms with E-state index in [9.17, 15) is 9.59 Å². The smallest absolute Gasteiger partial charge is 0.292 e. The van der Waals surface area contributed by atoms with E-state index < -0.39 is 11.7 Å². The first-order valence-corrected chi connectivity index (χ1v) is 9.12. The highest BCUT2D eigenvalue weighted by Gasteiger charge is 2.25. The summed E-state index contributed by atoms with van der Waals surface area (Å²) in [5.74, 6) is -0.244. The van der Waals surface area contributed by atoms with Gasteiger partial charge in [0.2, 0.25) is 0 Å². The van der Waals surface area contributed by atoms with Gasteiger partial charge in [0.15, 0.2) is 11.5 Å². The fraction of sp³-hybridized carbons (Fsp3) is 0.227. The molecule has 0 bridgehead atoms. The first-order valence-electron chi connectivity index (χ1n) is 9.12. The molecule has 0 atom stereocenters. The van der Waals surface area contributed by atoms with Crippen molar-refractivity contribution in [1.29, 1.82) is 0 Å². The fourth-order valence-electron chi connectivity index (χ4n) is 3.25. The van der Waals surface area contributed by atoms with Crippen LogP contribution in [0.2, 0.25) is 0 Å². The molecule has 29 heavy (non-hydrogen) atoms. The number of ether oxygens (including phenoxy) is 2. The van der Waals surface area contributed by atoms with Gasteiger partial charge in [0.05, 0.1) is 36.9 Å². The number of para-hydroxylation sites is 2. The van der Waals surface area contributed by atoms with Crippen molar-refractivity contribution >= 4 is 11.7 Å². The molecular weight excluding hydrogens is 370 g/mol. The van der Waals surface area contributed by atoms with Gasteiger partial charge < -0.3 is 14.8 Å². The maximum Gasteiger partial charge on any atom is 0.292 e. The zero-order valence-electron chi connectivity index (χ0n) is 16.9. The Balaban J connectivity index is 1.80.